The lowest BCUT2D eigenvalue weighted by Crippen LogP contribution is -2.46. The largest absolute Gasteiger partial charge is 0.297 e. The van der Waals surface area contributed by atoms with Crippen molar-refractivity contribution in [1.82, 2.24) is 5.32 Å². The maximum Gasteiger partial charge on any atom is 0.106 e. The van der Waals surface area contributed by atoms with Gasteiger partial charge in [0.2, 0.25) is 0 Å². The highest BCUT2D eigenvalue weighted by Crippen LogP contribution is 2.14. The molecule has 0 aromatic heterocycles. The van der Waals surface area contributed by atoms with Gasteiger partial charge in [-0.25, -0.2) is 0 Å². The molecule has 0 aliphatic rings. The van der Waals surface area contributed by atoms with Crippen molar-refractivity contribution in [3.05, 3.63) is 0 Å². The van der Waals surface area contributed by atoms with E-state index in [-0.39, 0.29) is 5.54 Å². The van der Waals surface area contributed by atoms with Gasteiger partial charge in [0, 0.05) is 6.04 Å². The van der Waals surface area contributed by atoms with Crippen LogP contribution in [0.1, 0.15) is 40.5 Å². The monoisotopic (exact) mass is 154 g/mol. The normalized spacial score (nSPS) is 11.6. The number of nitrogens with zero attached hydrogens (tertiary/aromatic N) is 1. The van der Waals surface area contributed by atoms with Crippen LogP contribution in [0.4, 0.5) is 0 Å². The van der Waals surface area contributed by atoms with Crippen LogP contribution in [-0.2, 0) is 0 Å². The van der Waals surface area contributed by atoms with Gasteiger partial charge < -0.3 is 0 Å². The van der Waals surface area contributed by atoms with Gasteiger partial charge in [-0.1, -0.05) is 13.8 Å². The molecule has 0 heterocycles. The fraction of sp³-hybridized carbons (Fsp3) is 0.889. The SMILES string of the molecule is CCC(C#N)(CC)NC(C)C. The van der Waals surface area contributed by atoms with Gasteiger partial charge in [0.1, 0.15) is 5.54 Å². The van der Waals surface area contributed by atoms with Gasteiger partial charge in [0.15, 0.2) is 0 Å². The second-order valence-corrected chi connectivity index (χ2v) is 3.20. The lowest BCUT2D eigenvalue weighted by molar-refractivity contribution is 0.355. The highest BCUT2D eigenvalue weighted by atomic mass is 15.0. The maximum atomic E-state index is 8.91. The molecule has 0 spiro atoms. The Morgan fingerprint density at radius 1 is 1.36 bits per heavy atom. The van der Waals surface area contributed by atoms with Gasteiger partial charge in [0.05, 0.1) is 6.07 Å². The van der Waals surface area contributed by atoms with Gasteiger partial charge in [-0.3, -0.25) is 5.32 Å². The minimum absolute atomic E-state index is 0.297. The first-order chi connectivity index (χ1) is 5.10. The van der Waals surface area contributed by atoms with Crippen molar-refractivity contribution in [3.63, 3.8) is 0 Å². The highest BCUT2D eigenvalue weighted by molar-refractivity contribution is 5.05. The Hall–Kier alpha value is -0.550. The third-order valence-electron chi connectivity index (χ3n) is 1.99. The quantitative estimate of drug-likeness (QED) is 0.673. The molecule has 0 radical (unpaired) electrons. The zero-order valence-corrected chi connectivity index (χ0v) is 7.94. The summed E-state index contributed by atoms with van der Waals surface area (Å²) in [7, 11) is 0. The average Bonchev–Trinajstić information content (AvgIpc) is 2.00. The van der Waals surface area contributed by atoms with Crippen LogP contribution in [0.3, 0.4) is 0 Å². The van der Waals surface area contributed by atoms with Crippen LogP contribution in [0.5, 0.6) is 0 Å². The molecular formula is C9H18N2. The first-order valence-electron chi connectivity index (χ1n) is 4.29. The average molecular weight is 154 g/mol. The van der Waals surface area contributed by atoms with Gasteiger partial charge >= 0.3 is 0 Å². The molecule has 0 rings (SSSR count). The number of nitriles is 1. The van der Waals surface area contributed by atoms with E-state index in [4.69, 9.17) is 5.26 Å². The van der Waals surface area contributed by atoms with E-state index in [1.807, 2.05) is 13.8 Å². The van der Waals surface area contributed by atoms with E-state index in [0.29, 0.717) is 6.04 Å². The standard InChI is InChI=1S/C9H18N2/c1-5-9(6-2,7-10)11-8(3)4/h8,11H,5-6H2,1-4H3. The number of hydrogen-bond acceptors (Lipinski definition) is 2. The van der Waals surface area contributed by atoms with Crippen molar-refractivity contribution in [3.8, 4) is 6.07 Å². The zero-order chi connectivity index (χ0) is 8.91. The predicted octanol–water partition coefficient (Wildman–Crippen LogP) is 2.07. The Balaban J connectivity index is 4.20. The van der Waals surface area contributed by atoms with Gasteiger partial charge in [-0.15, -0.1) is 0 Å². The van der Waals surface area contributed by atoms with Crippen molar-refractivity contribution in [2.75, 3.05) is 0 Å². The van der Waals surface area contributed by atoms with Crippen molar-refractivity contribution < 1.29 is 0 Å². The highest BCUT2D eigenvalue weighted by Gasteiger charge is 2.25. The van der Waals surface area contributed by atoms with Crippen LogP contribution >= 0.6 is 0 Å². The molecule has 64 valence electrons. The molecule has 0 fully saturated rings. The summed E-state index contributed by atoms with van der Waals surface area (Å²) in [6, 6.07) is 2.72. The van der Waals surface area contributed by atoms with Gasteiger partial charge in [-0.2, -0.15) is 5.26 Å². The van der Waals surface area contributed by atoms with Gasteiger partial charge in [0.25, 0.3) is 0 Å². The van der Waals surface area contributed by atoms with Crippen LogP contribution in [-0.4, -0.2) is 11.6 Å². The number of rotatable bonds is 4. The molecule has 0 aliphatic heterocycles. The van der Waals surface area contributed by atoms with Crippen molar-refractivity contribution in [1.29, 1.82) is 5.26 Å². The summed E-state index contributed by atoms with van der Waals surface area (Å²) in [5.41, 5.74) is -0.297. The molecule has 0 unspecified atom stereocenters. The Bertz CT molecular complexity index is 140. The van der Waals surface area contributed by atoms with Gasteiger partial charge in [-0.05, 0) is 26.7 Å². The fourth-order valence-electron chi connectivity index (χ4n) is 1.20. The molecule has 0 saturated carbocycles. The summed E-state index contributed by atoms with van der Waals surface area (Å²) in [5.74, 6) is 0. The number of hydrogen-bond donors (Lipinski definition) is 1. The van der Waals surface area contributed by atoms with E-state index in [1.165, 1.54) is 0 Å². The lowest BCUT2D eigenvalue weighted by Gasteiger charge is -2.27. The molecule has 11 heavy (non-hydrogen) atoms. The first kappa shape index (κ1) is 10.4. The van der Waals surface area contributed by atoms with Crippen LogP contribution in [0, 0.1) is 11.3 Å². The van der Waals surface area contributed by atoms with E-state index >= 15 is 0 Å². The van der Waals surface area contributed by atoms with Crippen molar-refractivity contribution >= 4 is 0 Å². The molecule has 0 aromatic rings. The summed E-state index contributed by atoms with van der Waals surface area (Å²) in [4.78, 5) is 0. The van der Waals surface area contributed by atoms with E-state index in [9.17, 15) is 0 Å². The Morgan fingerprint density at radius 2 is 1.82 bits per heavy atom. The van der Waals surface area contributed by atoms with E-state index in [0.717, 1.165) is 12.8 Å². The summed E-state index contributed by atoms with van der Waals surface area (Å²) in [5, 5.41) is 12.2. The summed E-state index contributed by atoms with van der Waals surface area (Å²) in [6.07, 6.45) is 1.75. The first-order valence-corrected chi connectivity index (χ1v) is 4.29. The third-order valence-corrected chi connectivity index (χ3v) is 1.99. The molecule has 0 amide bonds. The second kappa shape index (κ2) is 4.35. The smallest absolute Gasteiger partial charge is 0.106 e. The van der Waals surface area contributed by atoms with E-state index < -0.39 is 0 Å². The van der Waals surface area contributed by atoms with E-state index in [1.54, 1.807) is 0 Å². The van der Waals surface area contributed by atoms with Crippen LogP contribution in [0.2, 0.25) is 0 Å². The molecule has 2 heteroatoms. The molecule has 0 aromatic carbocycles. The summed E-state index contributed by atoms with van der Waals surface area (Å²) in [6.45, 7) is 8.22. The summed E-state index contributed by atoms with van der Waals surface area (Å²) < 4.78 is 0. The Kier molecular flexibility index (Phi) is 4.14. The fourth-order valence-corrected chi connectivity index (χ4v) is 1.20. The third kappa shape index (κ3) is 2.90. The molecule has 1 N–H and O–H groups in total. The molecular weight excluding hydrogens is 136 g/mol. The van der Waals surface area contributed by atoms with E-state index in [2.05, 4.69) is 25.2 Å². The lowest BCUT2D eigenvalue weighted by atomic mass is 9.94. The molecule has 0 atom stereocenters. The molecule has 0 bridgehead atoms. The molecule has 0 saturated heterocycles. The second-order valence-electron chi connectivity index (χ2n) is 3.20. The minimum Gasteiger partial charge on any atom is -0.297 e. The minimum atomic E-state index is -0.297. The van der Waals surface area contributed by atoms with Crippen LogP contribution in [0.15, 0.2) is 0 Å². The summed E-state index contributed by atoms with van der Waals surface area (Å²) >= 11 is 0. The molecule has 2 nitrogen and oxygen atoms in total. The molecule has 0 aliphatic carbocycles. The topological polar surface area (TPSA) is 35.8 Å². The Labute approximate surface area is 69.6 Å². The number of nitrogens with one attached hydrogen (secondary N) is 1. The van der Waals surface area contributed by atoms with Crippen molar-refractivity contribution in [2.45, 2.75) is 52.1 Å². The van der Waals surface area contributed by atoms with Crippen LogP contribution < -0.4 is 5.32 Å². The van der Waals surface area contributed by atoms with Crippen LogP contribution in [0.25, 0.3) is 0 Å². The Morgan fingerprint density at radius 3 is 1.91 bits per heavy atom. The zero-order valence-electron chi connectivity index (χ0n) is 7.94. The predicted molar refractivity (Wildman–Crippen MR) is 47.2 cm³/mol. The van der Waals surface area contributed by atoms with Crippen molar-refractivity contribution in [2.24, 2.45) is 0 Å². The maximum absolute atomic E-state index is 8.91.